The lowest BCUT2D eigenvalue weighted by molar-refractivity contribution is 0.246. The number of hydrogen-bond donors (Lipinski definition) is 1. The van der Waals surface area contributed by atoms with E-state index in [1.807, 2.05) is 36.4 Å². The molecule has 0 amide bonds. The van der Waals surface area contributed by atoms with Crippen LogP contribution in [0.1, 0.15) is 5.56 Å². The number of piperazine rings is 1. The van der Waals surface area contributed by atoms with E-state index in [2.05, 4.69) is 9.80 Å². The average Bonchev–Trinajstić information content (AvgIpc) is 2.90. The van der Waals surface area contributed by atoms with Gasteiger partial charge >= 0.3 is 11.3 Å². The minimum Gasteiger partial charge on any atom is -0.507 e. The van der Waals surface area contributed by atoms with Crippen LogP contribution in [0.5, 0.6) is 5.75 Å². The van der Waals surface area contributed by atoms with Crippen LogP contribution < -0.4 is 16.2 Å². The average molecular weight is 515 g/mol. The zero-order chi connectivity index (χ0) is 25.5. The lowest BCUT2D eigenvalue weighted by atomic mass is 9.99. The predicted molar refractivity (Wildman–Crippen MR) is 145 cm³/mol. The molecule has 3 aromatic carbocycles. The third kappa shape index (κ3) is 4.48. The Morgan fingerprint density at radius 3 is 2.46 bits per heavy atom. The van der Waals surface area contributed by atoms with Crippen LogP contribution in [0, 0.1) is 0 Å². The van der Waals surface area contributed by atoms with E-state index in [1.54, 1.807) is 30.3 Å². The SMILES string of the molecule is O=c1cc(-c2cc3ccccc3oc2=O)c2ccc(O)c(CN3CCN(c4cccc(Cl)c4)CC3)c2o1. The fraction of sp³-hybridized carbons (Fsp3) is 0.172. The quantitative estimate of drug-likeness (QED) is 0.328. The van der Waals surface area contributed by atoms with E-state index in [1.165, 1.54) is 6.07 Å². The van der Waals surface area contributed by atoms with Crippen molar-refractivity contribution in [2.45, 2.75) is 6.54 Å². The molecular formula is C29H23ClN2O5. The summed E-state index contributed by atoms with van der Waals surface area (Å²) in [4.78, 5) is 29.9. The Labute approximate surface area is 216 Å². The maximum atomic E-state index is 12.9. The van der Waals surface area contributed by atoms with Crippen molar-refractivity contribution in [3.63, 3.8) is 0 Å². The number of halogens is 1. The van der Waals surface area contributed by atoms with E-state index in [0.717, 1.165) is 37.3 Å². The van der Waals surface area contributed by atoms with Crippen LogP contribution >= 0.6 is 11.6 Å². The van der Waals surface area contributed by atoms with Crippen molar-refractivity contribution in [1.82, 2.24) is 4.90 Å². The van der Waals surface area contributed by atoms with Gasteiger partial charge in [-0.05, 0) is 42.5 Å². The molecule has 1 aliphatic rings. The molecule has 8 heteroatoms. The first-order valence-corrected chi connectivity index (χ1v) is 12.4. The molecule has 7 nitrogen and oxygen atoms in total. The van der Waals surface area contributed by atoms with Crippen LogP contribution in [-0.4, -0.2) is 36.2 Å². The van der Waals surface area contributed by atoms with Gasteiger partial charge in [0.25, 0.3) is 0 Å². The minimum atomic E-state index is -0.604. The third-order valence-corrected chi connectivity index (χ3v) is 7.08. The number of phenols is 1. The molecule has 0 spiro atoms. The second-order valence-corrected chi connectivity index (χ2v) is 9.58. The van der Waals surface area contributed by atoms with E-state index in [0.29, 0.717) is 33.7 Å². The highest BCUT2D eigenvalue weighted by Crippen LogP contribution is 2.34. The molecule has 0 aliphatic carbocycles. The van der Waals surface area contributed by atoms with Crippen molar-refractivity contribution in [3.05, 3.63) is 104 Å². The van der Waals surface area contributed by atoms with E-state index in [9.17, 15) is 14.7 Å². The highest BCUT2D eigenvalue weighted by Gasteiger charge is 2.22. The Balaban J connectivity index is 1.35. The van der Waals surface area contributed by atoms with Crippen LogP contribution in [0.3, 0.4) is 0 Å². The molecule has 0 unspecified atom stereocenters. The lowest BCUT2D eigenvalue weighted by Gasteiger charge is -2.36. The van der Waals surface area contributed by atoms with Gasteiger partial charge in [-0.2, -0.15) is 0 Å². The number of phenolic OH excluding ortho intramolecular Hbond substituents is 1. The number of fused-ring (bicyclic) bond motifs is 2. The molecule has 0 bridgehead atoms. The molecule has 0 radical (unpaired) electrons. The second kappa shape index (κ2) is 9.42. The second-order valence-electron chi connectivity index (χ2n) is 9.15. The zero-order valence-electron chi connectivity index (χ0n) is 19.8. The standard InChI is InChI=1S/C29H23ClN2O5/c30-19-5-3-6-20(15-19)32-12-10-31(11-13-32)17-24-25(33)9-8-21-22(16-27(34)37-28(21)24)23-14-18-4-1-2-7-26(18)36-29(23)35/h1-9,14-16,33H,10-13,17H2. The van der Waals surface area contributed by atoms with Gasteiger partial charge in [0, 0.05) is 65.8 Å². The molecule has 1 aliphatic heterocycles. The normalized spacial score (nSPS) is 14.5. The molecule has 186 valence electrons. The summed E-state index contributed by atoms with van der Waals surface area (Å²) in [6.07, 6.45) is 0. The number of aromatic hydroxyl groups is 1. The first kappa shape index (κ1) is 23.3. The Bertz CT molecular complexity index is 1750. The first-order chi connectivity index (χ1) is 18.0. The fourth-order valence-electron chi connectivity index (χ4n) is 4.96. The van der Waals surface area contributed by atoms with Crippen molar-refractivity contribution in [1.29, 1.82) is 0 Å². The molecule has 0 atom stereocenters. The minimum absolute atomic E-state index is 0.0376. The summed E-state index contributed by atoms with van der Waals surface area (Å²) in [7, 11) is 0. The van der Waals surface area contributed by atoms with Crippen LogP contribution in [0.2, 0.25) is 5.02 Å². The summed E-state index contributed by atoms with van der Waals surface area (Å²) in [5, 5.41) is 12.8. The summed E-state index contributed by atoms with van der Waals surface area (Å²) in [5.74, 6) is 0.0376. The number of nitrogens with zero attached hydrogens (tertiary/aromatic N) is 2. The largest absolute Gasteiger partial charge is 0.507 e. The van der Waals surface area contributed by atoms with Crippen molar-refractivity contribution in [2.75, 3.05) is 31.1 Å². The first-order valence-electron chi connectivity index (χ1n) is 12.0. The van der Waals surface area contributed by atoms with Gasteiger partial charge in [-0.15, -0.1) is 0 Å². The van der Waals surface area contributed by atoms with Crippen molar-refractivity contribution >= 4 is 39.2 Å². The maximum Gasteiger partial charge on any atom is 0.344 e. The monoisotopic (exact) mass is 514 g/mol. The molecule has 0 saturated carbocycles. The van der Waals surface area contributed by atoms with Gasteiger partial charge in [0.05, 0.1) is 11.1 Å². The van der Waals surface area contributed by atoms with Gasteiger partial charge < -0.3 is 18.8 Å². The summed E-state index contributed by atoms with van der Waals surface area (Å²) in [6, 6.07) is 21.3. The van der Waals surface area contributed by atoms with Gasteiger partial charge in [0.2, 0.25) is 0 Å². The summed E-state index contributed by atoms with van der Waals surface area (Å²) in [6.45, 7) is 3.48. The molecule has 2 aromatic heterocycles. The molecule has 37 heavy (non-hydrogen) atoms. The van der Waals surface area contributed by atoms with E-state index in [-0.39, 0.29) is 16.9 Å². The van der Waals surface area contributed by atoms with E-state index >= 15 is 0 Å². The van der Waals surface area contributed by atoms with E-state index in [4.69, 9.17) is 20.4 Å². The van der Waals surface area contributed by atoms with Gasteiger partial charge in [-0.1, -0.05) is 35.9 Å². The van der Waals surface area contributed by atoms with Crippen molar-refractivity contribution in [3.8, 4) is 16.9 Å². The summed E-state index contributed by atoms with van der Waals surface area (Å²) < 4.78 is 11.1. The summed E-state index contributed by atoms with van der Waals surface area (Å²) >= 11 is 6.15. The van der Waals surface area contributed by atoms with Crippen LogP contribution in [0.25, 0.3) is 33.1 Å². The fourth-order valence-corrected chi connectivity index (χ4v) is 5.14. The number of benzene rings is 3. The van der Waals surface area contributed by atoms with Gasteiger partial charge in [-0.3, -0.25) is 4.90 Å². The highest BCUT2D eigenvalue weighted by molar-refractivity contribution is 6.30. The Morgan fingerprint density at radius 1 is 0.838 bits per heavy atom. The number of rotatable bonds is 4. The van der Waals surface area contributed by atoms with Crippen LogP contribution in [-0.2, 0) is 6.54 Å². The van der Waals surface area contributed by atoms with Crippen LogP contribution in [0.4, 0.5) is 5.69 Å². The summed E-state index contributed by atoms with van der Waals surface area (Å²) in [5.41, 5.74) is 1.86. The maximum absolute atomic E-state index is 12.9. The third-order valence-electron chi connectivity index (χ3n) is 6.85. The van der Waals surface area contributed by atoms with Gasteiger partial charge in [0.15, 0.2) is 0 Å². The smallest absolute Gasteiger partial charge is 0.344 e. The predicted octanol–water partition coefficient (Wildman–Crippen LogP) is 5.25. The van der Waals surface area contributed by atoms with Crippen LogP contribution in [0.15, 0.2) is 91.2 Å². The number of anilines is 1. The Morgan fingerprint density at radius 2 is 1.65 bits per heavy atom. The van der Waals surface area contributed by atoms with E-state index < -0.39 is 11.3 Å². The number of hydrogen-bond acceptors (Lipinski definition) is 7. The van der Waals surface area contributed by atoms with Gasteiger partial charge in [-0.25, -0.2) is 9.59 Å². The molecular weight excluding hydrogens is 492 g/mol. The Kier molecular flexibility index (Phi) is 5.94. The lowest BCUT2D eigenvalue weighted by Crippen LogP contribution is -2.46. The molecule has 5 aromatic rings. The molecule has 1 fully saturated rings. The topological polar surface area (TPSA) is 87.1 Å². The number of para-hydroxylation sites is 1. The Hall–Kier alpha value is -4.07. The van der Waals surface area contributed by atoms with Crippen molar-refractivity contribution in [2.24, 2.45) is 0 Å². The van der Waals surface area contributed by atoms with Crippen molar-refractivity contribution < 1.29 is 13.9 Å². The van der Waals surface area contributed by atoms with Gasteiger partial charge in [0.1, 0.15) is 16.9 Å². The highest BCUT2D eigenvalue weighted by atomic mass is 35.5. The molecule has 3 heterocycles. The molecule has 1 saturated heterocycles. The molecule has 1 N–H and O–H groups in total. The zero-order valence-corrected chi connectivity index (χ0v) is 20.6. The molecule has 6 rings (SSSR count).